The second kappa shape index (κ2) is 12.4. The van der Waals surface area contributed by atoms with Crippen LogP contribution in [0.5, 0.6) is 0 Å². The molecule has 226 valence electrons. The monoisotopic (exact) mass is 592 g/mol. The maximum Gasteiger partial charge on any atom is 0.260 e. The molecule has 0 unspecified atom stereocenters. The number of alkyl halides is 1. The van der Waals surface area contributed by atoms with E-state index in [4.69, 9.17) is 15.7 Å². The van der Waals surface area contributed by atoms with Crippen molar-refractivity contribution in [3.05, 3.63) is 75.8 Å². The Bertz CT molecular complexity index is 1690. The van der Waals surface area contributed by atoms with E-state index in [1.54, 1.807) is 42.3 Å². The van der Waals surface area contributed by atoms with Gasteiger partial charge in [0.25, 0.3) is 5.91 Å². The number of nitrogens with zero attached hydrogens (tertiary/aromatic N) is 5. The lowest BCUT2D eigenvalue weighted by Gasteiger charge is -2.23. The standard InChI is InChI=1S/C34H37FN8O/c1-5-42(24-8-9-24)19-22-14-27-28(29(15-22)34(2,3)35)20-43(33(27)44)31-17-23(16-30(41-31)40-12-6-11-36)26-13-21(18-37)7-10-25(26)32(38)39-4/h7,10,13-17,24H,5-6,8-9,12,19-20H2,1-4H3,(H2,38,39)(H,40,41). The molecule has 10 heteroatoms. The van der Waals surface area contributed by atoms with Gasteiger partial charge in [-0.05, 0) is 97.4 Å². The van der Waals surface area contributed by atoms with Crippen LogP contribution >= 0.6 is 0 Å². The zero-order valence-corrected chi connectivity index (χ0v) is 25.6. The predicted octanol–water partition coefficient (Wildman–Crippen LogP) is 5.84. The van der Waals surface area contributed by atoms with Crippen LogP contribution in [0.25, 0.3) is 11.1 Å². The number of anilines is 2. The van der Waals surface area contributed by atoms with E-state index in [0.717, 1.165) is 24.9 Å². The maximum atomic E-state index is 15.7. The zero-order chi connectivity index (χ0) is 31.6. The summed E-state index contributed by atoms with van der Waals surface area (Å²) in [7, 11) is 1.65. The van der Waals surface area contributed by atoms with Gasteiger partial charge in [0.05, 0.1) is 30.7 Å². The van der Waals surface area contributed by atoms with Gasteiger partial charge in [0, 0.05) is 37.3 Å². The summed E-state index contributed by atoms with van der Waals surface area (Å²) in [6, 6.07) is 17.2. The number of hydrogen-bond donors (Lipinski definition) is 3. The molecule has 5 rings (SSSR count). The predicted molar refractivity (Wildman–Crippen MR) is 169 cm³/mol. The highest BCUT2D eigenvalue weighted by atomic mass is 19.1. The van der Waals surface area contributed by atoms with E-state index >= 15 is 4.39 Å². The molecule has 3 N–H and O–H groups in total. The van der Waals surface area contributed by atoms with Crippen molar-refractivity contribution in [3.8, 4) is 23.3 Å². The summed E-state index contributed by atoms with van der Waals surface area (Å²) in [4.78, 5) is 22.7. The average Bonchev–Trinajstić information content (AvgIpc) is 3.81. The minimum absolute atomic E-state index is 0.156. The quantitative estimate of drug-likeness (QED) is 0.145. The second-order valence-electron chi connectivity index (χ2n) is 11.8. The number of benzene rings is 2. The molecule has 0 radical (unpaired) electrons. The van der Waals surface area contributed by atoms with E-state index in [0.29, 0.717) is 69.7 Å². The van der Waals surface area contributed by atoms with Crippen LogP contribution in [0, 0.1) is 28.1 Å². The molecule has 0 bridgehead atoms. The highest BCUT2D eigenvalue weighted by molar-refractivity contribution is 6.10. The van der Waals surface area contributed by atoms with Crippen molar-refractivity contribution >= 4 is 23.4 Å². The van der Waals surface area contributed by atoms with Gasteiger partial charge in [0.15, 0.2) is 0 Å². The molecule has 1 saturated carbocycles. The molecule has 0 spiro atoms. The maximum absolute atomic E-state index is 15.7. The molecule has 3 aromatic rings. The zero-order valence-electron chi connectivity index (χ0n) is 25.6. The van der Waals surface area contributed by atoms with Gasteiger partial charge in [-0.2, -0.15) is 10.5 Å². The molecule has 1 amide bonds. The number of hydrogen-bond acceptors (Lipinski definition) is 7. The first-order valence-electron chi connectivity index (χ1n) is 14.9. The van der Waals surface area contributed by atoms with Crippen molar-refractivity contribution in [2.45, 2.75) is 64.8 Å². The molecule has 2 heterocycles. The minimum Gasteiger partial charge on any atom is -0.373 e. The molecule has 1 aliphatic carbocycles. The molecular weight excluding hydrogens is 555 g/mol. The first-order chi connectivity index (χ1) is 21.1. The van der Waals surface area contributed by atoms with E-state index < -0.39 is 5.67 Å². The third kappa shape index (κ3) is 6.27. The topological polar surface area (TPSA) is 132 Å². The van der Waals surface area contributed by atoms with Gasteiger partial charge in [-0.15, -0.1) is 0 Å². The summed E-state index contributed by atoms with van der Waals surface area (Å²) in [5.74, 6) is 0.699. The first-order valence-corrected chi connectivity index (χ1v) is 14.9. The molecule has 1 aliphatic heterocycles. The summed E-state index contributed by atoms with van der Waals surface area (Å²) in [6.07, 6.45) is 2.57. The first kappa shape index (κ1) is 30.7. The number of nitrogens with one attached hydrogen (secondary N) is 3. The van der Waals surface area contributed by atoms with Crippen LogP contribution in [0.1, 0.15) is 78.2 Å². The van der Waals surface area contributed by atoms with Gasteiger partial charge in [-0.25, -0.2) is 9.37 Å². The molecule has 2 aliphatic rings. The highest BCUT2D eigenvalue weighted by Gasteiger charge is 2.37. The molecule has 0 atom stereocenters. The van der Waals surface area contributed by atoms with Crippen molar-refractivity contribution < 1.29 is 9.18 Å². The Kier molecular flexibility index (Phi) is 8.66. The SMILES string of the molecule is CCN(Cc1cc2c(c(C(C)(C)F)c1)CN(c1cc(-c3cc(C#N)ccc3C(=N)NC)cc(NCCC#N)n1)C2=O)C1CC1. The fourth-order valence-corrected chi connectivity index (χ4v) is 5.80. The van der Waals surface area contributed by atoms with Gasteiger partial charge in [0.2, 0.25) is 0 Å². The Morgan fingerprint density at radius 1 is 1.18 bits per heavy atom. The van der Waals surface area contributed by atoms with Gasteiger partial charge < -0.3 is 10.6 Å². The van der Waals surface area contributed by atoms with E-state index in [-0.39, 0.29) is 24.7 Å². The lowest BCUT2D eigenvalue weighted by atomic mass is 9.90. The van der Waals surface area contributed by atoms with Crippen LogP contribution in [0.3, 0.4) is 0 Å². The van der Waals surface area contributed by atoms with E-state index in [2.05, 4.69) is 34.6 Å². The average molecular weight is 593 g/mol. The third-order valence-corrected chi connectivity index (χ3v) is 8.21. The van der Waals surface area contributed by atoms with Crippen molar-refractivity contribution in [3.63, 3.8) is 0 Å². The minimum atomic E-state index is -1.66. The van der Waals surface area contributed by atoms with Crippen LogP contribution in [0.2, 0.25) is 0 Å². The van der Waals surface area contributed by atoms with Crippen LogP contribution < -0.4 is 15.5 Å². The normalized spacial score (nSPS) is 14.3. The van der Waals surface area contributed by atoms with E-state index in [1.807, 2.05) is 12.1 Å². The number of pyridine rings is 1. The molecule has 44 heavy (non-hydrogen) atoms. The molecule has 9 nitrogen and oxygen atoms in total. The Labute approximate surface area is 257 Å². The fourth-order valence-electron chi connectivity index (χ4n) is 5.80. The number of halogens is 1. The molecular formula is C34H37FN8O. The molecule has 2 aromatic carbocycles. The third-order valence-electron chi connectivity index (χ3n) is 8.21. The summed E-state index contributed by atoms with van der Waals surface area (Å²) in [6.45, 7) is 7.20. The smallest absolute Gasteiger partial charge is 0.260 e. The van der Waals surface area contributed by atoms with Gasteiger partial charge in [0.1, 0.15) is 23.1 Å². The summed E-state index contributed by atoms with van der Waals surface area (Å²) < 4.78 is 15.7. The van der Waals surface area contributed by atoms with Crippen LogP contribution in [-0.2, 0) is 18.8 Å². The molecule has 1 fully saturated rings. The largest absolute Gasteiger partial charge is 0.373 e. The van der Waals surface area contributed by atoms with Crippen molar-refractivity contribution in [2.75, 3.05) is 30.4 Å². The summed E-state index contributed by atoms with van der Waals surface area (Å²) in [5.41, 5.74) is 3.13. The lowest BCUT2D eigenvalue weighted by Crippen LogP contribution is -2.26. The number of rotatable bonds is 11. The number of nitriles is 2. The van der Waals surface area contributed by atoms with Gasteiger partial charge in [-0.1, -0.05) is 13.0 Å². The van der Waals surface area contributed by atoms with Crippen molar-refractivity contribution in [2.24, 2.45) is 0 Å². The van der Waals surface area contributed by atoms with Crippen molar-refractivity contribution in [1.29, 1.82) is 15.9 Å². The number of amidine groups is 1. The second-order valence-corrected chi connectivity index (χ2v) is 11.8. The number of fused-ring (bicyclic) bond motifs is 1. The van der Waals surface area contributed by atoms with E-state index in [9.17, 15) is 10.1 Å². The Hall–Kier alpha value is -4.80. The summed E-state index contributed by atoms with van der Waals surface area (Å²) in [5, 5.41) is 33.2. The van der Waals surface area contributed by atoms with Gasteiger partial charge >= 0.3 is 0 Å². The number of aromatic nitrogens is 1. The highest BCUT2D eigenvalue weighted by Crippen LogP contribution is 2.39. The lowest BCUT2D eigenvalue weighted by molar-refractivity contribution is 0.0996. The fraction of sp³-hybridized carbons (Fsp3) is 0.382. The number of amides is 1. The van der Waals surface area contributed by atoms with E-state index in [1.165, 1.54) is 13.8 Å². The Morgan fingerprint density at radius 3 is 2.59 bits per heavy atom. The number of carbonyl (C=O) groups is 1. The number of carbonyl (C=O) groups excluding carboxylic acids is 1. The van der Waals surface area contributed by atoms with Crippen LogP contribution in [0.4, 0.5) is 16.0 Å². The Morgan fingerprint density at radius 2 is 1.95 bits per heavy atom. The van der Waals surface area contributed by atoms with Gasteiger partial charge in [-0.3, -0.25) is 20.0 Å². The van der Waals surface area contributed by atoms with Crippen LogP contribution in [-0.4, -0.2) is 47.8 Å². The summed E-state index contributed by atoms with van der Waals surface area (Å²) >= 11 is 0. The Balaban J connectivity index is 1.60. The molecule has 1 aromatic heterocycles. The molecule has 0 saturated heterocycles. The van der Waals surface area contributed by atoms with Crippen molar-refractivity contribution in [1.82, 2.24) is 15.2 Å². The van der Waals surface area contributed by atoms with Crippen LogP contribution in [0.15, 0.2) is 42.5 Å².